The van der Waals surface area contributed by atoms with Crippen LogP contribution < -0.4 is 0 Å². The lowest BCUT2D eigenvalue weighted by Gasteiger charge is -2.52. The highest BCUT2D eigenvalue weighted by atomic mass is 16.6. The third kappa shape index (κ3) is 2.58. The fourth-order valence-corrected chi connectivity index (χ4v) is 4.12. The van der Waals surface area contributed by atoms with E-state index in [4.69, 9.17) is 4.74 Å². The molecule has 0 N–H and O–H groups in total. The minimum absolute atomic E-state index is 0.242. The molecule has 5 heteroatoms. The molecule has 0 saturated heterocycles. The van der Waals surface area contributed by atoms with Gasteiger partial charge in [-0.15, -0.1) is 0 Å². The standard InChI is InChI=1S/C20H24N2O3/c1-20(2,3)25-19(23)21-16-9-5-4-8-14(16)15-11-13-22(24)12-7-6-10-17(22)18(15)21/h4-9,17H,10-13H2,1-3H3/t17-,22-/m0/s1. The monoisotopic (exact) mass is 340 g/mol. The number of hydroxylamine groups is 3. The fraction of sp³-hybridized carbons (Fsp3) is 0.450. The number of rotatable bonds is 0. The summed E-state index contributed by atoms with van der Waals surface area (Å²) in [6.45, 7) is 6.62. The second-order valence-corrected chi connectivity index (χ2v) is 8.03. The lowest BCUT2D eigenvalue weighted by atomic mass is 9.92. The number of quaternary nitrogens is 1. The van der Waals surface area contributed by atoms with Gasteiger partial charge < -0.3 is 14.6 Å². The highest BCUT2D eigenvalue weighted by Crippen LogP contribution is 2.44. The number of benzene rings is 1. The van der Waals surface area contributed by atoms with Gasteiger partial charge in [0.15, 0.2) is 0 Å². The minimum Gasteiger partial charge on any atom is -0.632 e. The lowest BCUT2D eigenvalue weighted by molar-refractivity contribution is -0.910. The molecule has 0 saturated carbocycles. The summed E-state index contributed by atoms with van der Waals surface area (Å²) in [5.41, 5.74) is 2.23. The fourth-order valence-electron chi connectivity index (χ4n) is 4.12. The molecule has 0 radical (unpaired) electrons. The molecular formula is C20H24N2O3. The molecule has 2 aliphatic rings. The number of nitrogens with zero attached hydrogens (tertiary/aromatic N) is 2. The smallest absolute Gasteiger partial charge is 0.419 e. The molecule has 5 nitrogen and oxygen atoms in total. The van der Waals surface area contributed by atoms with Gasteiger partial charge in [0.05, 0.1) is 24.3 Å². The molecule has 4 rings (SSSR count). The number of aromatic nitrogens is 1. The van der Waals surface area contributed by atoms with Crippen LogP contribution in [-0.4, -0.2) is 34.0 Å². The Balaban J connectivity index is 1.95. The van der Waals surface area contributed by atoms with Crippen molar-refractivity contribution in [3.05, 3.63) is 52.9 Å². The summed E-state index contributed by atoms with van der Waals surface area (Å²) in [6.07, 6.45) is 4.99. The predicted molar refractivity (Wildman–Crippen MR) is 97.1 cm³/mol. The van der Waals surface area contributed by atoms with E-state index >= 15 is 0 Å². The molecule has 2 atom stereocenters. The van der Waals surface area contributed by atoms with Gasteiger partial charge in [0.1, 0.15) is 11.6 Å². The van der Waals surface area contributed by atoms with Crippen LogP contribution in [0.3, 0.4) is 0 Å². The van der Waals surface area contributed by atoms with Gasteiger partial charge >= 0.3 is 6.09 Å². The summed E-state index contributed by atoms with van der Waals surface area (Å²) in [4.78, 5) is 13.0. The van der Waals surface area contributed by atoms with Crippen molar-refractivity contribution in [3.8, 4) is 0 Å². The van der Waals surface area contributed by atoms with Crippen LogP contribution in [0, 0.1) is 5.21 Å². The average Bonchev–Trinajstić information content (AvgIpc) is 2.87. The molecule has 0 aliphatic carbocycles. The molecule has 3 heterocycles. The van der Waals surface area contributed by atoms with Crippen molar-refractivity contribution in [2.45, 2.75) is 45.3 Å². The van der Waals surface area contributed by atoms with E-state index in [2.05, 4.69) is 6.08 Å². The number of hydrogen-bond donors (Lipinski definition) is 0. The van der Waals surface area contributed by atoms with Crippen LogP contribution in [-0.2, 0) is 11.2 Å². The van der Waals surface area contributed by atoms with Crippen LogP contribution >= 0.6 is 0 Å². The summed E-state index contributed by atoms with van der Waals surface area (Å²) >= 11 is 0. The molecular weight excluding hydrogens is 316 g/mol. The first-order valence-corrected chi connectivity index (χ1v) is 8.88. The summed E-state index contributed by atoms with van der Waals surface area (Å²) in [5.74, 6) is 0. The molecule has 2 aliphatic heterocycles. The third-order valence-corrected chi connectivity index (χ3v) is 5.16. The zero-order chi connectivity index (χ0) is 17.8. The van der Waals surface area contributed by atoms with Crippen molar-refractivity contribution in [2.75, 3.05) is 13.1 Å². The topological polar surface area (TPSA) is 54.3 Å². The molecule has 25 heavy (non-hydrogen) atoms. The van der Waals surface area contributed by atoms with Crippen molar-refractivity contribution in [2.24, 2.45) is 0 Å². The summed E-state index contributed by atoms with van der Waals surface area (Å²) < 4.78 is 7.05. The number of carbonyl (C=O) groups excluding carboxylic acids is 1. The third-order valence-electron chi connectivity index (χ3n) is 5.16. The summed E-state index contributed by atoms with van der Waals surface area (Å²) in [6, 6.07) is 7.65. The van der Waals surface area contributed by atoms with Crippen LogP contribution in [0.5, 0.6) is 0 Å². The molecule has 0 unspecified atom stereocenters. The van der Waals surface area contributed by atoms with Gasteiger partial charge in [-0.1, -0.05) is 24.3 Å². The highest BCUT2D eigenvalue weighted by molar-refractivity contribution is 5.94. The predicted octanol–water partition coefficient (Wildman–Crippen LogP) is 4.30. The van der Waals surface area contributed by atoms with Crippen LogP contribution in [0.4, 0.5) is 4.79 Å². The van der Waals surface area contributed by atoms with Gasteiger partial charge in [0.2, 0.25) is 0 Å². The highest BCUT2D eigenvalue weighted by Gasteiger charge is 2.42. The first-order chi connectivity index (χ1) is 11.8. The molecule has 132 valence electrons. The van der Waals surface area contributed by atoms with Gasteiger partial charge in [-0.3, -0.25) is 0 Å². The molecule has 0 amide bonds. The molecule has 0 spiro atoms. The summed E-state index contributed by atoms with van der Waals surface area (Å²) in [5, 5.41) is 14.4. The maximum atomic E-state index is 13.3. The van der Waals surface area contributed by atoms with Crippen molar-refractivity contribution >= 4 is 17.0 Å². The molecule has 1 aromatic heterocycles. The Kier molecular flexibility index (Phi) is 3.56. The van der Waals surface area contributed by atoms with Gasteiger partial charge in [-0.25, -0.2) is 9.36 Å². The normalized spacial score (nSPS) is 25.5. The Bertz CT molecular complexity index is 875. The van der Waals surface area contributed by atoms with Crippen molar-refractivity contribution < 1.29 is 14.2 Å². The van der Waals surface area contributed by atoms with E-state index in [-0.39, 0.29) is 10.7 Å². The Morgan fingerprint density at radius 1 is 1.28 bits per heavy atom. The zero-order valence-electron chi connectivity index (χ0n) is 15.0. The van der Waals surface area contributed by atoms with E-state index in [9.17, 15) is 10.0 Å². The second kappa shape index (κ2) is 5.44. The van der Waals surface area contributed by atoms with Crippen molar-refractivity contribution in [1.82, 2.24) is 4.57 Å². The Hall–Kier alpha value is -2.11. The van der Waals surface area contributed by atoms with E-state index in [1.165, 1.54) is 0 Å². The number of carbonyl (C=O) groups is 1. The quantitative estimate of drug-likeness (QED) is 0.408. The second-order valence-electron chi connectivity index (χ2n) is 8.03. The minimum atomic E-state index is -0.583. The number of hydrogen-bond acceptors (Lipinski definition) is 3. The van der Waals surface area contributed by atoms with Gasteiger partial charge in [-0.2, -0.15) is 0 Å². The van der Waals surface area contributed by atoms with Gasteiger partial charge in [-0.05, 0) is 38.5 Å². The van der Waals surface area contributed by atoms with Crippen LogP contribution in [0.2, 0.25) is 0 Å². The molecule has 0 fully saturated rings. The first kappa shape index (κ1) is 16.4. The van der Waals surface area contributed by atoms with E-state index in [1.807, 2.05) is 51.1 Å². The zero-order valence-corrected chi connectivity index (χ0v) is 15.0. The Morgan fingerprint density at radius 3 is 2.80 bits per heavy atom. The van der Waals surface area contributed by atoms with E-state index in [0.717, 1.165) is 22.2 Å². The van der Waals surface area contributed by atoms with Crippen molar-refractivity contribution in [1.29, 1.82) is 0 Å². The number of fused-ring (bicyclic) bond motifs is 5. The number of para-hydroxylation sites is 1. The SMILES string of the molecule is CC(C)(C)OC(=O)n1c2c(c3ccccc31)CC[N@@+]1([O-])CC=CC[C@@H]21. The molecule has 1 aromatic carbocycles. The maximum Gasteiger partial charge on any atom is 0.419 e. The molecule has 0 bridgehead atoms. The van der Waals surface area contributed by atoms with Crippen LogP contribution in [0.25, 0.3) is 10.9 Å². The Morgan fingerprint density at radius 2 is 2.04 bits per heavy atom. The maximum absolute atomic E-state index is 13.3. The van der Waals surface area contributed by atoms with Crippen LogP contribution in [0.15, 0.2) is 36.4 Å². The largest absolute Gasteiger partial charge is 0.632 e. The van der Waals surface area contributed by atoms with Crippen molar-refractivity contribution in [3.63, 3.8) is 0 Å². The average molecular weight is 340 g/mol. The molecule has 2 aromatic rings. The lowest BCUT2D eigenvalue weighted by Crippen LogP contribution is -2.51. The first-order valence-electron chi connectivity index (χ1n) is 8.88. The summed E-state index contributed by atoms with van der Waals surface area (Å²) in [7, 11) is 0. The van der Waals surface area contributed by atoms with E-state index < -0.39 is 11.7 Å². The van der Waals surface area contributed by atoms with E-state index in [0.29, 0.717) is 25.9 Å². The van der Waals surface area contributed by atoms with Gasteiger partial charge in [0, 0.05) is 18.2 Å². The van der Waals surface area contributed by atoms with Gasteiger partial charge in [0.25, 0.3) is 0 Å². The Labute approximate surface area is 147 Å². The van der Waals surface area contributed by atoms with Crippen LogP contribution in [0.1, 0.15) is 44.5 Å². The van der Waals surface area contributed by atoms with E-state index in [1.54, 1.807) is 4.57 Å². The number of ether oxygens (including phenoxy) is 1.